The van der Waals surface area contributed by atoms with Crippen molar-refractivity contribution in [2.24, 2.45) is 0 Å². The van der Waals surface area contributed by atoms with Crippen molar-refractivity contribution in [1.29, 1.82) is 0 Å². The molecule has 1 amide bonds. The highest BCUT2D eigenvalue weighted by molar-refractivity contribution is 14.1. The van der Waals surface area contributed by atoms with Crippen LogP contribution in [0.5, 0.6) is 0 Å². The predicted molar refractivity (Wildman–Crippen MR) is 96.6 cm³/mol. The van der Waals surface area contributed by atoms with Crippen LogP contribution in [0.3, 0.4) is 0 Å². The molecule has 3 rings (SSSR count). The number of carbonyl (C=O) groups excluding carboxylic acids is 2. The van der Waals surface area contributed by atoms with Gasteiger partial charge in [-0.05, 0) is 54.1 Å². The molecule has 0 bridgehead atoms. The molecule has 1 unspecified atom stereocenters. The van der Waals surface area contributed by atoms with Crippen LogP contribution in [-0.4, -0.2) is 35.4 Å². The molecule has 2 saturated heterocycles. The van der Waals surface area contributed by atoms with Crippen LogP contribution in [0, 0.1) is 10.1 Å². The van der Waals surface area contributed by atoms with E-state index in [-0.39, 0.29) is 21.1 Å². The monoisotopic (exact) mass is 462 g/mol. The summed E-state index contributed by atoms with van der Waals surface area (Å²) in [6, 6.07) is 5.22. The molecule has 0 aliphatic carbocycles. The molecule has 2 fully saturated rings. The summed E-state index contributed by atoms with van der Waals surface area (Å²) in [4.78, 5) is 36.2. The van der Waals surface area contributed by atoms with Gasteiger partial charge in [-0.1, -0.05) is 0 Å². The Labute approximate surface area is 156 Å². The lowest BCUT2D eigenvalue weighted by molar-refractivity contribution is -0.384. The quantitative estimate of drug-likeness (QED) is 0.130. The first-order chi connectivity index (χ1) is 11.1. The van der Waals surface area contributed by atoms with E-state index in [2.05, 4.69) is 22.6 Å². The maximum atomic E-state index is 12.5. The molecule has 0 saturated carbocycles. The number of alkyl halides is 1. The summed E-state index contributed by atoms with van der Waals surface area (Å²) in [6.45, 7) is 3.88. The van der Waals surface area contributed by atoms with Gasteiger partial charge in [0.2, 0.25) is 5.91 Å². The zero-order valence-corrected chi connectivity index (χ0v) is 16.0. The number of carbonyl (C=O) groups is 2. The van der Waals surface area contributed by atoms with Crippen LogP contribution in [0.1, 0.15) is 25.8 Å². The third-order valence-electron chi connectivity index (χ3n) is 4.09. The molecule has 0 aromatic heterocycles. The molecule has 0 radical (unpaired) electrons. The highest BCUT2D eigenvalue weighted by Crippen LogP contribution is 2.61. The number of ether oxygens (including phenoxy) is 1. The molecule has 0 N–H and O–H groups in total. The molecular formula is C15H15IN2O5S. The molecule has 1 aromatic rings. The number of halogens is 1. The Morgan fingerprint density at radius 2 is 2.08 bits per heavy atom. The summed E-state index contributed by atoms with van der Waals surface area (Å²) in [5.74, 6) is -0.489. The standard InChI is InChI=1S/C15H15IN2O5S/c1-14(2)12(17-11(19)7-15(17,16)24-14)13(20)23-8-9-3-5-10(6-4-9)18(21)22/h3-6,12H,7-8H2,1-2H3/t12-,15?/m0/s1. The lowest BCUT2D eigenvalue weighted by Crippen LogP contribution is -2.61. The topological polar surface area (TPSA) is 89.8 Å². The Morgan fingerprint density at radius 1 is 1.46 bits per heavy atom. The number of hydrogen-bond acceptors (Lipinski definition) is 6. The highest BCUT2D eigenvalue weighted by Gasteiger charge is 2.66. The third-order valence-corrected chi connectivity index (χ3v) is 7.05. The van der Waals surface area contributed by atoms with Crippen LogP contribution in [-0.2, 0) is 20.9 Å². The van der Waals surface area contributed by atoms with Gasteiger partial charge in [-0.2, -0.15) is 0 Å². The number of benzene rings is 1. The van der Waals surface area contributed by atoms with Crippen molar-refractivity contribution >= 4 is 51.9 Å². The van der Waals surface area contributed by atoms with Gasteiger partial charge in [-0.15, -0.1) is 11.8 Å². The molecule has 24 heavy (non-hydrogen) atoms. The Kier molecular flexibility index (Phi) is 4.27. The molecule has 0 spiro atoms. The van der Waals surface area contributed by atoms with E-state index in [0.29, 0.717) is 12.0 Å². The van der Waals surface area contributed by atoms with Gasteiger partial charge in [0, 0.05) is 16.9 Å². The average molecular weight is 462 g/mol. The smallest absolute Gasteiger partial charge is 0.330 e. The van der Waals surface area contributed by atoms with Crippen LogP contribution in [0.4, 0.5) is 5.69 Å². The Hall–Kier alpha value is -1.36. The largest absolute Gasteiger partial charge is 0.459 e. The van der Waals surface area contributed by atoms with E-state index in [1.165, 1.54) is 12.1 Å². The van der Waals surface area contributed by atoms with Crippen LogP contribution in [0.2, 0.25) is 0 Å². The van der Waals surface area contributed by atoms with Gasteiger partial charge in [-0.3, -0.25) is 14.9 Å². The van der Waals surface area contributed by atoms with Crippen molar-refractivity contribution < 1.29 is 19.2 Å². The Morgan fingerprint density at radius 3 is 2.62 bits per heavy atom. The van der Waals surface area contributed by atoms with Crippen molar-refractivity contribution in [1.82, 2.24) is 4.90 Å². The summed E-state index contributed by atoms with van der Waals surface area (Å²) >= 11 is 3.82. The zero-order chi connectivity index (χ0) is 17.7. The van der Waals surface area contributed by atoms with Crippen LogP contribution in [0.15, 0.2) is 24.3 Å². The maximum absolute atomic E-state index is 12.5. The zero-order valence-electron chi connectivity index (χ0n) is 13.0. The van der Waals surface area contributed by atoms with Gasteiger partial charge >= 0.3 is 5.97 Å². The number of fused-ring (bicyclic) bond motifs is 1. The van der Waals surface area contributed by atoms with Crippen LogP contribution >= 0.6 is 34.4 Å². The van der Waals surface area contributed by atoms with Gasteiger partial charge in [0.25, 0.3) is 5.69 Å². The van der Waals surface area contributed by atoms with E-state index in [1.807, 2.05) is 13.8 Å². The van der Waals surface area contributed by atoms with Crippen molar-refractivity contribution in [2.45, 2.75) is 40.5 Å². The molecule has 128 valence electrons. The summed E-state index contributed by atoms with van der Waals surface area (Å²) in [7, 11) is 0. The molecule has 9 heteroatoms. The number of non-ortho nitro benzene ring substituents is 1. The number of nitro benzene ring substituents is 1. The molecular weight excluding hydrogens is 447 g/mol. The fraction of sp³-hybridized carbons (Fsp3) is 0.467. The van der Waals surface area contributed by atoms with Gasteiger partial charge in [0.05, 0.1) is 11.3 Å². The lowest BCUT2D eigenvalue weighted by Gasteiger charge is -2.43. The fourth-order valence-electron chi connectivity index (χ4n) is 2.98. The van der Waals surface area contributed by atoms with Crippen molar-refractivity contribution in [3.8, 4) is 0 Å². The summed E-state index contributed by atoms with van der Waals surface area (Å²) in [6.07, 6.45) is 0.424. The number of amides is 1. The molecule has 2 atom stereocenters. The van der Waals surface area contributed by atoms with Crippen molar-refractivity contribution in [2.75, 3.05) is 0 Å². The van der Waals surface area contributed by atoms with Crippen molar-refractivity contribution in [3.63, 3.8) is 0 Å². The number of hydrogen-bond donors (Lipinski definition) is 0. The van der Waals surface area contributed by atoms with Crippen LogP contribution < -0.4 is 0 Å². The molecule has 2 heterocycles. The summed E-state index contributed by atoms with van der Waals surface area (Å²) < 4.78 is 4.58. The van der Waals surface area contributed by atoms with Gasteiger partial charge in [0.15, 0.2) is 2.88 Å². The third kappa shape index (κ3) is 2.87. The van der Waals surface area contributed by atoms with E-state index in [9.17, 15) is 19.7 Å². The Bertz CT molecular complexity index is 723. The molecule has 2 aliphatic rings. The SMILES string of the molecule is CC1(C)SC2(I)CC(=O)N2[C@H]1C(=O)OCc1ccc([N+](=O)[O-])cc1. The highest BCUT2D eigenvalue weighted by atomic mass is 127. The normalized spacial score (nSPS) is 27.4. The number of thioether (sulfide) groups is 1. The molecule has 2 aliphatic heterocycles. The summed E-state index contributed by atoms with van der Waals surface area (Å²) in [5.41, 5.74) is 0.646. The molecule has 7 nitrogen and oxygen atoms in total. The van der Waals surface area contributed by atoms with E-state index < -0.39 is 21.7 Å². The minimum atomic E-state index is -0.626. The van der Waals surface area contributed by atoms with E-state index >= 15 is 0 Å². The Balaban J connectivity index is 1.68. The number of β-lactam (4-membered cyclic amide) rings is 1. The first kappa shape index (κ1) is 17.5. The molecule has 1 aromatic carbocycles. The van der Waals surface area contributed by atoms with E-state index in [0.717, 1.165) is 0 Å². The van der Waals surface area contributed by atoms with Crippen molar-refractivity contribution in [3.05, 3.63) is 39.9 Å². The van der Waals surface area contributed by atoms with Crippen LogP contribution in [0.25, 0.3) is 0 Å². The first-order valence-electron chi connectivity index (χ1n) is 7.25. The summed E-state index contributed by atoms with van der Waals surface area (Å²) in [5, 5.41) is 10.6. The lowest BCUT2D eigenvalue weighted by atomic mass is 9.98. The number of nitro groups is 1. The second-order valence-electron chi connectivity index (χ2n) is 6.27. The van der Waals surface area contributed by atoms with E-state index in [4.69, 9.17) is 4.74 Å². The van der Waals surface area contributed by atoms with Gasteiger partial charge < -0.3 is 9.64 Å². The number of nitrogens with zero attached hydrogens (tertiary/aromatic N) is 2. The predicted octanol–water partition coefficient (Wildman–Crippen LogP) is 2.85. The maximum Gasteiger partial charge on any atom is 0.330 e. The minimum absolute atomic E-state index is 0.0146. The fourth-order valence-corrected chi connectivity index (χ4v) is 7.18. The van der Waals surface area contributed by atoms with E-state index in [1.54, 1.807) is 28.8 Å². The average Bonchev–Trinajstić information content (AvgIpc) is 2.66. The first-order valence-corrected chi connectivity index (χ1v) is 9.15. The van der Waals surface area contributed by atoms with Gasteiger partial charge in [-0.25, -0.2) is 4.79 Å². The number of esters is 1. The second kappa shape index (κ2) is 5.87. The second-order valence-corrected chi connectivity index (χ2v) is 10.7. The van der Waals surface area contributed by atoms with Gasteiger partial charge in [0.1, 0.15) is 12.6 Å². The minimum Gasteiger partial charge on any atom is -0.459 e. The number of rotatable bonds is 4.